The van der Waals surface area contributed by atoms with Gasteiger partial charge in [-0.15, -0.1) is 0 Å². The lowest BCUT2D eigenvalue weighted by Crippen LogP contribution is -2.46. The molecule has 1 aromatic rings. The van der Waals surface area contributed by atoms with Crippen LogP contribution in [0.1, 0.15) is 43.0 Å². The minimum atomic E-state index is -0.0130. The Morgan fingerprint density at radius 1 is 1.15 bits per heavy atom. The predicted octanol–water partition coefficient (Wildman–Crippen LogP) is 2.66. The summed E-state index contributed by atoms with van der Waals surface area (Å²) in [5.74, 6) is 0.795. The molecule has 4 rings (SSSR count). The fourth-order valence-electron chi connectivity index (χ4n) is 4.64. The Balaban J connectivity index is 1.39. The summed E-state index contributed by atoms with van der Waals surface area (Å²) in [6, 6.07) is 3.17. The number of hydrogen-bond acceptors (Lipinski definition) is 5. The molecule has 0 aliphatic carbocycles. The first-order valence-electron chi connectivity index (χ1n) is 10.2. The maximum absolute atomic E-state index is 12.6. The standard InChI is InChI=1S/C20H29ClN4O2/c1-15-3-2-6-25(15)17-4-7-23(8-5-17)19-18(21)13-16(14-22-19)20(26)24-9-11-27-12-10-24/h13-15,17H,2-12H2,1H3. The molecule has 148 valence electrons. The van der Waals surface area contributed by atoms with E-state index in [9.17, 15) is 4.79 Å². The molecule has 0 saturated carbocycles. The number of rotatable bonds is 3. The second kappa shape index (κ2) is 8.33. The first-order valence-corrected chi connectivity index (χ1v) is 10.5. The summed E-state index contributed by atoms with van der Waals surface area (Å²) in [6.45, 7) is 7.96. The molecule has 1 aromatic heterocycles. The van der Waals surface area contributed by atoms with Crippen LogP contribution in [0.25, 0.3) is 0 Å². The minimum Gasteiger partial charge on any atom is -0.378 e. The molecule has 1 amide bonds. The molecule has 3 saturated heterocycles. The van der Waals surface area contributed by atoms with Gasteiger partial charge < -0.3 is 14.5 Å². The molecule has 0 N–H and O–H groups in total. The highest BCUT2D eigenvalue weighted by atomic mass is 35.5. The number of nitrogens with zero attached hydrogens (tertiary/aromatic N) is 4. The third-order valence-electron chi connectivity index (χ3n) is 6.20. The third kappa shape index (κ3) is 4.08. The first kappa shape index (κ1) is 19.0. The van der Waals surface area contributed by atoms with E-state index in [4.69, 9.17) is 16.3 Å². The van der Waals surface area contributed by atoms with E-state index in [1.54, 1.807) is 17.2 Å². The number of hydrogen-bond donors (Lipinski definition) is 0. The Hall–Kier alpha value is -1.37. The predicted molar refractivity (Wildman–Crippen MR) is 107 cm³/mol. The number of halogens is 1. The van der Waals surface area contributed by atoms with Crippen LogP contribution >= 0.6 is 11.6 Å². The van der Waals surface area contributed by atoms with Gasteiger partial charge in [-0.25, -0.2) is 4.98 Å². The molecule has 0 spiro atoms. The summed E-state index contributed by atoms with van der Waals surface area (Å²) in [4.78, 5) is 23.9. The van der Waals surface area contributed by atoms with E-state index in [2.05, 4.69) is 21.7 Å². The van der Waals surface area contributed by atoms with Crippen molar-refractivity contribution in [1.82, 2.24) is 14.8 Å². The fourth-order valence-corrected chi connectivity index (χ4v) is 4.92. The lowest BCUT2D eigenvalue weighted by atomic mass is 10.0. The van der Waals surface area contributed by atoms with Gasteiger partial charge in [-0.3, -0.25) is 9.69 Å². The van der Waals surface area contributed by atoms with Crippen molar-refractivity contribution < 1.29 is 9.53 Å². The zero-order valence-corrected chi connectivity index (χ0v) is 16.8. The van der Waals surface area contributed by atoms with Gasteiger partial charge in [0.2, 0.25) is 0 Å². The number of piperidine rings is 1. The highest BCUT2D eigenvalue weighted by Gasteiger charge is 2.31. The number of carbonyl (C=O) groups is 1. The van der Waals surface area contributed by atoms with Gasteiger partial charge in [0.25, 0.3) is 5.91 Å². The van der Waals surface area contributed by atoms with Crippen molar-refractivity contribution in [1.29, 1.82) is 0 Å². The van der Waals surface area contributed by atoms with Crippen molar-refractivity contribution in [3.8, 4) is 0 Å². The molecule has 0 bridgehead atoms. The van der Waals surface area contributed by atoms with Crippen molar-refractivity contribution in [2.24, 2.45) is 0 Å². The van der Waals surface area contributed by atoms with Crippen LogP contribution < -0.4 is 4.90 Å². The second-order valence-corrected chi connectivity index (χ2v) is 8.29. The molecule has 6 nitrogen and oxygen atoms in total. The van der Waals surface area contributed by atoms with Crippen molar-refractivity contribution in [2.45, 2.75) is 44.7 Å². The SMILES string of the molecule is CC1CCCN1C1CCN(c2ncc(C(=O)N3CCOCC3)cc2Cl)CC1. The number of carbonyl (C=O) groups excluding carboxylic acids is 1. The Labute approximate surface area is 166 Å². The van der Waals surface area contributed by atoms with Gasteiger partial charge in [0.1, 0.15) is 5.82 Å². The van der Waals surface area contributed by atoms with Gasteiger partial charge >= 0.3 is 0 Å². The monoisotopic (exact) mass is 392 g/mol. The third-order valence-corrected chi connectivity index (χ3v) is 6.48. The summed E-state index contributed by atoms with van der Waals surface area (Å²) in [7, 11) is 0. The van der Waals surface area contributed by atoms with Crippen molar-refractivity contribution in [2.75, 3.05) is 50.8 Å². The summed E-state index contributed by atoms with van der Waals surface area (Å²) < 4.78 is 5.31. The van der Waals surface area contributed by atoms with Crippen molar-refractivity contribution >= 4 is 23.3 Å². The summed E-state index contributed by atoms with van der Waals surface area (Å²) in [5.41, 5.74) is 0.562. The topological polar surface area (TPSA) is 48.9 Å². The number of pyridine rings is 1. The smallest absolute Gasteiger partial charge is 0.255 e. The number of morpholine rings is 1. The van der Waals surface area contributed by atoms with Crippen LogP contribution in [-0.2, 0) is 4.74 Å². The number of ether oxygens (including phenoxy) is 1. The number of likely N-dealkylation sites (tertiary alicyclic amines) is 1. The molecular formula is C20H29ClN4O2. The van der Waals surface area contributed by atoms with E-state index in [0.717, 1.165) is 31.7 Å². The van der Waals surface area contributed by atoms with Gasteiger partial charge in [-0.05, 0) is 45.2 Å². The van der Waals surface area contributed by atoms with Crippen LogP contribution in [0.3, 0.4) is 0 Å². The van der Waals surface area contributed by atoms with Gasteiger partial charge in [0, 0.05) is 44.5 Å². The Bertz CT molecular complexity index is 672. The van der Waals surface area contributed by atoms with E-state index < -0.39 is 0 Å². The lowest BCUT2D eigenvalue weighted by molar-refractivity contribution is 0.0302. The van der Waals surface area contributed by atoms with Crippen LogP contribution in [-0.4, -0.2) is 78.7 Å². The van der Waals surface area contributed by atoms with Crippen molar-refractivity contribution in [3.05, 3.63) is 22.8 Å². The molecule has 0 aromatic carbocycles. The molecular weight excluding hydrogens is 364 g/mol. The molecule has 3 aliphatic heterocycles. The van der Waals surface area contributed by atoms with Crippen LogP contribution in [0.2, 0.25) is 5.02 Å². The van der Waals surface area contributed by atoms with Gasteiger partial charge in [0.15, 0.2) is 0 Å². The molecule has 3 aliphatic rings. The average molecular weight is 393 g/mol. The molecule has 0 radical (unpaired) electrons. The van der Waals surface area contributed by atoms with Gasteiger partial charge in [-0.2, -0.15) is 0 Å². The number of anilines is 1. The van der Waals surface area contributed by atoms with E-state index in [-0.39, 0.29) is 5.91 Å². The molecule has 7 heteroatoms. The quantitative estimate of drug-likeness (QED) is 0.791. The first-order chi connectivity index (χ1) is 13.1. The minimum absolute atomic E-state index is 0.0130. The highest BCUT2D eigenvalue weighted by molar-refractivity contribution is 6.33. The Kier molecular flexibility index (Phi) is 5.85. The zero-order valence-electron chi connectivity index (χ0n) is 16.1. The van der Waals surface area contributed by atoms with Crippen molar-refractivity contribution in [3.63, 3.8) is 0 Å². The highest BCUT2D eigenvalue weighted by Crippen LogP contribution is 2.30. The van der Waals surface area contributed by atoms with Gasteiger partial charge in [0.05, 0.1) is 23.8 Å². The van der Waals surface area contributed by atoms with E-state index in [1.165, 1.54) is 19.4 Å². The Morgan fingerprint density at radius 2 is 1.89 bits per heavy atom. The van der Waals surface area contributed by atoms with E-state index in [1.807, 2.05) is 0 Å². The molecule has 1 atom stereocenters. The molecule has 3 fully saturated rings. The van der Waals surface area contributed by atoms with Gasteiger partial charge in [-0.1, -0.05) is 11.6 Å². The Morgan fingerprint density at radius 3 is 2.52 bits per heavy atom. The summed E-state index contributed by atoms with van der Waals surface area (Å²) >= 11 is 6.52. The number of amides is 1. The lowest BCUT2D eigenvalue weighted by Gasteiger charge is -2.39. The van der Waals surface area contributed by atoms with Crippen LogP contribution in [0, 0.1) is 0 Å². The summed E-state index contributed by atoms with van der Waals surface area (Å²) in [6.07, 6.45) is 6.63. The fraction of sp³-hybridized carbons (Fsp3) is 0.700. The van der Waals surface area contributed by atoms with Crippen LogP contribution in [0.5, 0.6) is 0 Å². The molecule has 1 unspecified atom stereocenters. The van der Waals surface area contributed by atoms with Crippen LogP contribution in [0.15, 0.2) is 12.3 Å². The molecule has 4 heterocycles. The average Bonchev–Trinajstić information content (AvgIpc) is 3.14. The maximum atomic E-state index is 12.6. The second-order valence-electron chi connectivity index (χ2n) is 7.88. The normalized spacial score (nSPS) is 25.2. The molecule has 27 heavy (non-hydrogen) atoms. The zero-order chi connectivity index (χ0) is 18.8. The number of aromatic nitrogens is 1. The van der Waals surface area contributed by atoms with E-state index >= 15 is 0 Å². The van der Waals surface area contributed by atoms with Crippen LogP contribution in [0.4, 0.5) is 5.82 Å². The largest absolute Gasteiger partial charge is 0.378 e. The summed E-state index contributed by atoms with van der Waals surface area (Å²) in [5, 5.41) is 0.571. The van der Waals surface area contributed by atoms with E-state index in [0.29, 0.717) is 49.0 Å². The maximum Gasteiger partial charge on any atom is 0.255 e.